The third-order valence-electron chi connectivity index (χ3n) is 3.57. The summed E-state index contributed by atoms with van der Waals surface area (Å²) in [4.78, 5) is 5.87. The zero-order chi connectivity index (χ0) is 19.5. The number of hydrogen-bond acceptors (Lipinski definition) is 3. The molecule has 0 aliphatic heterocycles. The van der Waals surface area contributed by atoms with Crippen molar-refractivity contribution in [1.82, 2.24) is 10.6 Å². The van der Waals surface area contributed by atoms with E-state index < -0.39 is 12.8 Å². The topological polar surface area (TPSA) is 45.7 Å². The lowest BCUT2D eigenvalue weighted by Gasteiger charge is -2.11. The smallest absolute Gasteiger partial charge is 0.367 e. The maximum atomic E-state index is 12.1. The van der Waals surface area contributed by atoms with Crippen molar-refractivity contribution in [2.45, 2.75) is 32.7 Å². The second kappa shape index (κ2) is 10.9. The molecule has 0 atom stereocenters. The van der Waals surface area contributed by atoms with Gasteiger partial charge < -0.3 is 15.4 Å². The van der Waals surface area contributed by atoms with Crippen molar-refractivity contribution in [3.63, 3.8) is 0 Å². The van der Waals surface area contributed by atoms with E-state index in [9.17, 15) is 13.2 Å². The molecular formula is C19H24F3N3OS. The molecule has 2 N–H and O–H groups in total. The predicted octanol–water partition coefficient (Wildman–Crippen LogP) is 4.12. The van der Waals surface area contributed by atoms with Gasteiger partial charge in [0.2, 0.25) is 0 Å². The standard InChI is InChI=1S/C19H24F3N3OS/c1-2-23-18(24-10-9-17-4-3-11-27-17)25-12-15-5-7-16(8-6-15)13-26-14-19(20,21)22/h3-8,11H,2,9-10,12-14H2,1H3,(H2,23,24,25). The normalized spacial score (nSPS) is 12.2. The molecule has 0 bridgehead atoms. The first-order valence-corrected chi connectivity index (χ1v) is 9.61. The lowest BCUT2D eigenvalue weighted by Crippen LogP contribution is -2.38. The molecule has 0 saturated carbocycles. The maximum absolute atomic E-state index is 12.1. The Morgan fingerprint density at radius 2 is 1.85 bits per heavy atom. The number of nitrogens with one attached hydrogen (secondary N) is 2. The summed E-state index contributed by atoms with van der Waals surface area (Å²) in [5.74, 6) is 0.742. The second-order valence-electron chi connectivity index (χ2n) is 5.88. The Morgan fingerprint density at radius 1 is 1.11 bits per heavy atom. The molecule has 8 heteroatoms. The fourth-order valence-corrected chi connectivity index (χ4v) is 3.01. The van der Waals surface area contributed by atoms with E-state index in [2.05, 4.69) is 31.8 Å². The van der Waals surface area contributed by atoms with Crippen LogP contribution in [0.15, 0.2) is 46.8 Å². The van der Waals surface area contributed by atoms with Gasteiger partial charge in [0.05, 0.1) is 13.2 Å². The van der Waals surface area contributed by atoms with Crippen LogP contribution in [-0.4, -0.2) is 31.8 Å². The first kappa shape index (κ1) is 21.2. The van der Waals surface area contributed by atoms with Crippen molar-refractivity contribution in [3.8, 4) is 0 Å². The van der Waals surface area contributed by atoms with Crippen molar-refractivity contribution in [3.05, 3.63) is 57.8 Å². The first-order chi connectivity index (χ1) is 13.0. The van der Waals surface area contributed by atoms with E-state index in [1.54, 1.807) is 23.5 Å². The highest BCUT2D eigenvalue weighted by atomic mass is 32.1. The third-order valence-corrected chi connectivity index (χ3v) is 4.50. The van der Waals surface area contributed by atoms with Crippen LogP contribution >= 0.6 is 11.3 Å². The number of thiophene rings is 1. The van der Waals surface area contributed by atoms with Gasteiger partial charge in [-0.25, -0.2) is 4.99 Å². The van der Waals surface area contributed by atoms with Crippen LogP contribution in [-0.2, 0) is 24.3 Å². The lowest BCUT2D eigenvalue weighted by atomic mass is 10.1. The van der Waals surface area contributed by atoms with Crippen molar-refractivity contribution in [2.24, 2.45) is 4.99 Å². The van der Waals surface area contributed by atoms with Crippen LogP contribution in [0.3, 0.4) is 0 Å². The van der Waals surface area contributed by atoms with Gasteiger partial charge in [0.25, 0.3) is 0 Å². The highest BCUT2D eigenvalue weighted by Gasteiger charge is 2.27. The van der Waals surface area contributed by atoms with Gasteiger partial charge in [-0.2, -0.15) is 13.2 Å². The molecule has 0 radical (unpaired) electrons. The van der Waals surface area contributed by atoms with Crippen molar-refractivity contribution in [1.29, 1.82) is 0 Å². The van der Waals surface area contributed by atoms with Crippen LogP contribution in [0.5, 0.6) is 0 Å². The van der Waals surface area contributed by atoms with Gasteiger partial charge in [0.1, 0.15) is 6.61 Å². The minimum atomic E-state index is -4.30. The van der Waals surface area contributed by atoms with Gasteiger partial charge in [-0.3, -0.25) is 0 Å². The number of halogens is 3. The molecule has 0 unspecified atom stereocenters. The predicted molar refractivity (Wildman–Crippen MR) is 103 cm³/mol. The molecule has 27 heavy (non-hydrogen) atoms. The molecule has 2 aromatic rings. The summed E-state index contributed by atoms with van der Waals surface area (Å²) >= 11 is 1.73. The summed E-state index contributed by atoms with van der Waals surface area (Å²) in [6.45, 7) is 2.75. The Morgan fingerprint density at radius 3 is 2.48 bits per heavy atom. The van der Waals surface area contributed by atoms with Gasteiger partial charge in [-0.15, -0.1) is 11.3 Å². The summed E-state index contributed by atoms with van der Waals surface area (Å²) in [5, 5.41) is 8.57. The van der Waals surface area contributed by atoms with E-state index in [0.29, 0.717) is 12.1 Å². The lowest BCUT2D eigenvalue weighted by molar-refractivity contribution is -0.176. The second-order valence-corrected chi connectivity index (χ2v) is 6.91. The average Bonchev–Trinajstić information content (AvgIpc) is 3.13. The molecule has 0 fully saturated rings. The van der Waals surface area contributed by atoms with Crippen molar-refractivity contribution in [2.75, 3.05) is 19.7 Å². The molecule has 148 valence electrons. The molecule has 0 aliphatic carbocycles. The average molecular weight is 399 g/mol. The number of hydrogen-bond donors (Lipinski definition) is 2. The van der Waals surface area contributed by atoms with Gasteiger partial charge in [-0.1, -0.05) is 30.3 Å². The summed E-state index contributed by atoms with van der Waals surface area (Å²) in [6.07, 6.45) is -3.36. The molecule has 0 spiro atoms. The monoisotopic (exact) mass is 399 g/mol. The Balaban J connectivity index is 1.79. The van der Waals surface area contributed by atoms with Crippen LogP contribution in [0.25, 0.3) is 0 Å². The minimum Gasteiger partial charge on any atom is -0.367 e. The van der Waals surface area contributed by atoms with E-state index in [4.69, 9.17) is 0 Å². The van der Waals surface area contributed by atoms with Crippen molar-refractivity contribution < 1.29 is 17.9 Å². The van der Waals surface area contributed by atoms with Crippen LogP contribution in [0.2, 0.25) is 0 Å². The van der Waals surface area contributed by atoms with E-state index in [0.717, 1.165) is 31.0 Å². The molecule has 0 aliphatic rings. The summed E-state index contributed by atoms with van der Waals surface area (Å²) < 4.78 is 40.9. The fourth-order valence-electron chi connectivity index (χ4n) is 2.30. The number of alkyl halides is 3. The molecule has 2 rings (SSSR count). The first-order valence-electron chi connectivity index (χ1n) is 8.73. The number of nitrogens with zero attached hydrogens (tertiary/aromatic N) is 1. The van der Waals surface area contributed by atoms with Crippen molar-refractivity contribution >= 4 is 17.3 Å². The highest BCUT2D eigenvalue weighted by molar-refractivity contribution is 7.09. The Bertz CT molecular complexity index is 685. The summed E-state index contributed by atoms with van der Waals surface area (Å²) in [7, 11) is 0. The highest BCUT2D eigenvalue weighted by Crippen LogP contribution is 2.16. The largest absolute Gasteiger partial charge is 0.411 e. The van der Waals surface area contributed by atoms with Gasteiger partial charge in [0, 0.05) is 18.0 Å². The number of guanidine groups is 1. The van der Waals surface area contributed by atoms with Crippen LogP contribution < -0.4 is 10.6 Å². The fraction of sp³-hybridized carbons (Fsp3) is 0.421. The quantitative estimate of drug-likeness (QED) is 0.492. The number of rotatable bonds is 9. The van der Waals surface area contributed by atoms with Crippen LogP contribution in [0.1, 0.15) is 22.9 Å². The van der Waals surface area contributed by atoms with E-state index >= 15 is 0 Å². The minimum absolute atomic E-state index is 0.0595. The molecule has 4 nitrogen and oxygen atoms in total. The molecule has 1 heterocycles. The number of benzene rings is 1. The molecule has 1 aromatic heterocycles. The van der Waals surface area contributed by atoms with Gasteiger partial charge >= 0.3 is 6.18 Å². The van der Waals surface area contributed by atoms with Gasteiger partial charge in [-0.05, 0) is 35.9 Å². The van der Waals surface area contributed by atoms with E-state index in [1.807, 2.05) is 25.1 Å². The zero-order valence-corrected chi connectivity index (χ0v) is 16.0. The van der Waals surface area contributed by atoms with E-state index in [-0.39, 0.29) is 6.61 Å². The molecular weight excluding hydrogens is 375 g/mol. The number of aliphatic imine (C=N–C) groups is 1. The Hall–Kier alpha value is -2.06. The maximum Gasteiger partial charge on any atom is 0.411 e. The summed E-state index contributed by atoms with van der Waals surface area (Å²) in [5.41, 5.74) is 1.68. The molecule has 1 aromatic carbocycles. The third kappa shape index (κ3) is 8.92. The van der Waals surface area contributed by atoms with Gasteiger partial charge in [0.15, 0.2) is 5.96 Å². The Labute approximate surface area is 161 Å². The Kier molecular flexibility index (Phi) is 8.60. The molecule has 0 saturated heterocycles. The summed E-state index contributed by atoms with van der Waals surface area (Å²) in [6, 6.07) is 11.4. The van der Waals surface area contributed by atoms with Crippen LogP contribution in [0.4, 0.5) is 13.2 Å². The zero-order valence-electron chi connectivity index (χ0n) is 15.2. The van der Waals surface area contributed by atoms with Crippen LogP contribution in [0, 0.1) is 0 Å². The molecule has 0 amide bonds. The SMILES string of the molecule is CCNC(=NCc1ccc(COCC(F)(F)F)cc1)NCCc1cccs1. The number of ether oxygens (including phenoxy) is 1. The van der Waals surface area contributed by atoms with E-state index in [1.165, 1.54) is 4.88 Å².